The lowest BCUT2D eigenvalue weighted by atomic mass is 9.93. The molecule has 1 atom stereocenters. The quantitative estimate of drug-likeness (QED) is 0.578. The molecule has 24 heavy (non-hydrogen) atoms. The first-order valence-corrected chi connectivity index (χ1v) is 8.46. The number of nitrogens with zero attached hydrogens (tertiary/aromatic N) is 2. The molecule has 0 saturated carbocycles. The molecule has 0 aliphatic carbocycles. The number of aromatic nitrogens is 2. The van der Waals surface area contributed by atoms with Crippen molar-refractivity contribution >= 4 is 28.4 Å². The van der Waals surface area contributed by atoms with Crippen molar-refractivity contribution < 1.29 is 19.1 Å². The molecule has 1 aromatic heterocycles. The predicted molar refractivity (Wildman–Crippen MR) is 89.5 cm³/mol. The van der Waals surface area contributed by atoms with Crippen molar-refractivity contribution in [3.05, 3.63) is 41.4 Å². The number of nitrogens with one attached hydrogen (secondary N) is 1. The fourth-order valence-corrected chi connectivity index (χ4v) is 2.70. The van der Waals surface area contributed by atoms with Crippen molar-refractivity contribution in [3.8, 4) is 0 Å². The minimum absolute atomic E-state index is 0.176. The molecule has 7 nitrogen and oxygen atoms in total. The van der Waals surface area contributed by atoms with Crippen LogP contribution < -0.4 is 5.32 Å². The third kappa shape index (κ3) is 4.51. The molecule has 2 aromatic rings. The Balaban J connectivity index is 2.39. The van der Waals surface area contributed by atoms with Crippen LogP contribution in [-0.4, -0.2) is 35.3 Å². The summed E-state index contributed by atoms with van der Waals surface area (Å²) in [6, 6.07) is 8.50. The molecule has 2 rings (SSSR count). The molecular formula is C16H19N3O4S. The topological polar surface area (TPSA) is 90.4 Å². The van der Waals surface area contributed by atoms with Crippen LogP contribution in [0.4, 0.5) is 5.13 Å². The number of hydrogen-bond acceptors (Lipinski definition) is 8. The largest absolute Gasteiger partial charge is 0.465 e. The van der Waals surface area contributed by atoms with Gasteiger partial charge in [-0.1, -0.05) is 41.7 Å². The van der Waals surface area contributed by atoms with Crippen LogP contribution in [0.2, 0.25) is 0 Å². The first-order valence-electron chi connectivity index (χ1n) is 7.58. The molecule has 1 aromatic carbocycles. The van der Waals surface area contributed by atoms with E-state index in [1.165, 1.54) is 11.3 Å². The monoisotopic (exact) mass is 349 g/mol. The second-order valence-electron chi connectivity index (χ2n) is 4.76. The summed E-state index contributed by atoms with van der Waals surface area (Å²) in [7, 11) is 0. The summed E-state index contributed by atoms with van der Waals surface area (Å²) in [6.07, 6.45) is 0. The Morgan fingerprint density at radius 2 is 1.75 bits per heavy atom. The fourth-order valence-electron chi connectivity index (χ4n) is 2.22. The highest BCUT2D eigenvalue weighted by atomic mass is 32.1. The molecule has 0 saturated heterocycles. The number of benzene rings is 1. The van der Waals surface area contributed by atoms with Crippen molar-refractivity contribution in [2.75, 3.05) is 18.5 Å². The Bertz CT molecular complexity index is 631. The average Bonchev–Trinajstić information content (AvgIpc) is 3.09. The van der Waals surface area contributed by atoms with Gasteiger partial charge in [-0.15, -0.1) is 10.2 Å². The molecule has 0 aliphatic heterocycles. The van der Waals surface area contributed by atoms with Gasteiger partial charge in [0, 0.05) is 0 Å². The molecule has 1 N–H and O–H groups in total. The summed E-state index contributed by atoms with van der Waals surface area (Å²) in [5.41, 5.74) is 2.31. The van der Waals surface area contributed by atoms with E-state index >= 15 is 0 Å². The highest BCUT2D eigenvalue weighted by Gasteiger charge is 2.39. The first kappa shape index (κ1) is 17.9. The second kappa shape index (κ2) is 8.97. The zero-order valence-corrected chi connectivity index (χ0v) is 14.3. The lowest BCUT2D eigenvalue weighted by molar-refractivity contribution is -0.162. The van der Waals surface area contributed by atoms with E-state index in [0.29, 0.717) is 5.13 Å². The van der Waals surface area contributed by atoms with Crippen molar-refractivity contribution in [2.24, 2.45) is 5.92 Å². The molecule has 0 spiro atoms. The Hall–Kier alpha value is -2.48. The number of esters is 2. The zero-order chi connectivity index (χ0) is 17.4. The van der Waals surface area contributed by atoms with Gasteiger partial charge in [-0.25, -0.2) is 0 Å². The maximum atomic E-state index is 12.4. The Morgan fingerprint density at radius 1 is 1.12 bits per heavy atom. The van der Waals surface area contributed by atoms with Gasteiger partial charge in [0.25, 0.3) is 0 Å². The second-order valence-corrected chi connectivity index (χ2v) is 5.59. The van der Waals surface area contributed by atoms with Gasteiger partial charge < -0.3 is 14.8 Å². The van der Waals surface area contributed by atoms with Crippen LogP contribution in [0.25, 0.3) is 0 Å². The average molecular weight is 349 g/mol. The van der Waals surface area contributed by atoms with E-state index < -0.39 is 23.9 Å². The van der Waals surface area contributed by atoms with Crippen molar-refractivity contribution in [1.29, 1.82) is 0 Å². The summed E-state index contributed by atoms with van der Waals surface area (Å²) in [5.74, 6) is -2.42. The van der Waals surface area contributed by atoms with Crippen molar-refractivity contribution in [2.45, 2.75) is 19.9 Å². The van der Waals surface area contributed by atoms with Gasteiger partial charge in [-0.2, -0.15) is 0 Å². The molecule has 0 bridgehead atoms. The summed E-state index contributed by atoms with van der Waals surface area (Å²) >= 11 is 1.28. The number of rotatable bonds is 8. The summed E-state index contributed by atoms with van der Waals surface area (Å²) in [4.78, 5) is 24.8. The number of ether oxygens (including phenoxy) is 2. The van der Waals surface area contributed by atoms with Gasteiger partial charge in [-0.05, 0) is 19.4 Å². The van der Waals surface area contributed by atoms with E-state index in [4.69, 9.17) is 9.47 Å². The number of carbonyl (C=O) groups is 2. The van der Waals surface area contributed by atoms with E-state index in [0.717, 1.165) is 5.56 Å². The highest BCUT2D eigenvalue weighted by Crippen LogP contribution is 2.29. The maximum absolute atomic E-state index is 12.4. The molecular weight excluding hydrogens is 330 g/mol. The van der Waals surface area contributed by atoms with Crippen molar-refractivity contribution in [3.63, 3.8) is 0 Å². The summed E-state index contributed by atoms with van der Waals surface area (Å²) < 4.78 is 10.2. The zero-order valence-electron chi connectivity index (χ0n) is 13.5. The van der Waals surface area contributed by atoms with Gasteiger partial charge in [0.15, 0.2) is 5.92 Å². The maximum Gasteiger partial charge on any atom is 0.322 e. The first-order chi connectivity index (χ1) is 11.7. The van der Waals surface area contributed by atoms with Gasteiger partial charge in [0.05, 0.1) is 19.3 Å². The van der Waals surface area contributed by atoms with E-state index in [1.807, 2.05) is 30.3 Å². The van der Waals surface area contributed by atoms with Crippen LogP contribution in [0.15, 0.2) is 35.8 Å². The van der Waals surface area contributed by atoms with E-state index in [9.17, 15) is 9.59 Å². The van der Waals surface area contributed by atoms with Gasteiger partial charge in [-0.3, -0.25) is 9.59 Å². The van der Waals surface area contributed by atoms with Crippen LogP contribution in [-0.2, 0) is 19.1 Å². The normalized spacial score (nSPS) is 11.8. The molecule has 0 aliphatic rings. The van der Waals surface area contributed by atoms with E-state index in [2.05, 4.69) is 15.5 Å². The van der Waals surface area contributed by atoms with Crippen LogP contribution in [0.5, 0.6) is 0 Å². The lowest BCUT2D eigenvalue weighted by Gasteiger charge is -2.25. The van der Waals surface area contributed by atoms with Gasteiger partial charge >= 0.3 is 11.9 Å². The molecule has 128 valence electrons. The smallest absolute Gasteiger partial charge is 0.322 e. The predicted octanol–water partition coefficient (Wildman–Crippen LogP) is 2.43. The van der Waals surface area contributed by atoms with Crippen LogP contribution in [0.3, 0.4) is 0 Å². The molecule has 8 heteroatoms. The molecule has 1 unspecified atom stereocenters. The standard InChI is InChI=1S/C16H19N3O4S/c1-3-22-14(20)12(15(21)23-4-2)13(11-8-6-5-7-9-11)18-16-19-17-10-24-16/h5-10,12-13H,3-4H2,1-2H3,(H,18,19). The van der Waals surface area contributed by atoms with Crippen LogP contribution >= 0.6 is 11.3 Å². The lowest BCUT2D eigenvalue weighted by Crippen LogP contribution is -2.36. The molecule has 1 heterocycles. The van der Waals surface area contributed by atoms with E-state index in [-0.39, 0.29) is 13.2 Å². The van der Waals surface area contributed by atoms with Gasteiger partial charge in [0.2, 0.25) is 5.13 Å². The van der Waals surface area contributed by atoms with Gasteiger partial charge in [0.1, 0.15) is 5.51 Å². The Kier molecular flexibility index (Phi) is 6.68. The van der Waals surface area contributed by atoms with Crippen LogP contribution in [0, 0.1) is 5.92 Å². The summed E-state index contributed by atoms with van der Waals surface area (Å²) in [5, 5.41) is 11.3. The number of anilines is 1. The highest BCUT2D eigenvalue weighted by molar-refractivity contribution is 7.13. The number of hydrogen-bond donors (Lipinski definition) is 1. The Labute approximate surface area is 144 Å². The third-order valence-corrected chi connectivity index (χ3v) is 3.83. The molecule has 0 radical (unpaired) electrons. The Morgan fingerprint density at radius 3 is 2.25 bits per heavy atom. The number of carbonyl (C=O) groups excluding carboxylic acids is 2. The van der Waals surface area contributed by atoms with Crippen LogP contribution in [0.1, 0.15) is 25.5 Å². The summed E-state index contributed by atoms with van der Waals surface area (Å²) in [6.45, 7) is 3.73. The SMILES string of the molecule is CCOC(=O)C(C(=O)OCC)C(Nc1nncs1)c1ccccc1. The minimum atomic E-state index is -1.14. The third-order valence-electron chi connectivity index (χ3n) is 3.21. The molecule has 0 fully saturated rings. The fraction of sp³-hybridized carbons (Fsp3) is 0.375. The molecule has 0 amide bonds. The minimum Gasteiger partial charge on any atom is -0.465 e. The van der Waals surface area contributed by atoms with E-state index in [1.54, 1.807) is 19.4 Å². The van der Waals surface area contributed by atoms with Crippen molar-refractivity contribution in [1.82, 2.24) is 10.2 Å².